The fourth-order valence-corrected chi connectivity index (χ4v) is 4.34. The minimum absolute atomic E-state index is 0.252. The molecule has 164 valence electrons. The van der Waals surface area contributed by atoms with Crippen LogP contribution in [0.2, 0.25) is 0 Å². The smallest absolute Gasteiger partial charge is 0.326 e. The largest absolute Gasteiger partial charge is 0.469 e. The number of amides is 1. The summed E-state index contributed by atoms with van der Waals surface area (Å²) in [5, 5.41) is 2.82. The highest BCUT2D eigenvalue weighted by atomic mass is 16.5. The molecule has 0 bridgehead atoms. The van der Waals surface area contributed by atoms with Gasteiger partial charge in [0.15, 0.2) is 0 Å². The fourth-order valence-electron chi connectivity index (χ4n) is 4.34. The van der Waals surface area contributed by atoms with E-state index in [1.165, 1.54) is 7.11 Å². The van der Waals surface area contributed by atoms with Crippen LogP contribution in [0.15, 0.2) is 64.2 Å². The van der Waals surface area contributed by atoms with Crippen molar-refractivity contribution >= 4 is 17.6 Å². The summed E-state index contributed by atoms with van der Waals surface area (Å²) in [6.45, 7) is 0. The van der Waals surface area contributed by atoms with Crippen molar-refractivity contribution < 1.29 is 14.3 Å². The molecule has 1 amide bonds. The second kappa shape index (κ2) is 8.54. The van der Waals surface area contributed by atoms with E-state index in [0.717, 1.165) is 16.7 Å². The van der Waals surface area contributed by atoms with Crippen molar-refractivity contribution in [3.05, 3.63) is 97.8 Å². The average Bonchev–Trinajstić information content (AvgIpc) is 2.81. The average molecular weight is 434 g/mol. The summed E-state index contributed by atoms with van der Waals surface area (Å²) >= 11 is 0. The number of aromatic nitrogens is 2. The van der Waals surface area contributed by atoms with Gasteiger partial charge in [-0.25, -0.2) is 4.79 Å². The maximum Gasteiger partial charge on any atom is 0.326 e. The summed E-state index contributed by atoms with van der Waals surface area (Å²) < 4.78 is 5.08. The third kappa shape index (κ3) is 3.80. The maximum atomic E-state index is 12.9. The van der Waals surface area contributed by atoms with Crippen molar-refractivity contribution in [3.8, 4) is 0 Å². The van der Waals surface area contributed by atoms with Crippen molar-refractivity contribution in [2.24, 2.45) is 5.92 Å². The van der Waals surface area contributed by atoms with Crippen LogP contribution >= 0.6 is 0 Å². The summed E-state index contributed by atoms with van der Waals surface area (Å²) in [6, 6.07) is 16.6. The first-order chi connectivity index (χ1) is 15.4. The molecule has 9 heteroatoms. The third-order valence-electron chi connectivity index (χ3n) is 5.77. The van der Waals surface area contributed by atoms with Gasteiger partial charge >= 0.3 is 11.7 Å². The summed E-state index contributed by atoms with van der Waals surface area (Å²) in [4.78, 5) is 53.3. The molecule has 1 aliphatic rings. The van der Waals surface area contributed by atoms with Crippen LogP contribution in [0.4, 0.5) is 5.69 Å². The predicted molar refractivity (Wildman–Crippen MR) is 117 cm³/mol. The number of benzene rings is 2. The van der Waals surface area contributed by atoms with Crippen LogP contribution in [0.3, 0.4) is 0 Å². The van der Waals surface area contributed by atoms with Crippen LogP contribution in [0.25, 0.3) is 0 Å². The molecular formula is C23H22N4O5. The molecule has 0 saturated heterocycles. The Kier molecular flexibility index (Phi) is 5.63. The summed E-state index contributed by atoms with van der Waals surface area (Å²) in [6.07, 6.45) is 0.266. The first kappa shape index (κ1) is 21.1. The molecule has 0 fully saturated rings. The van der Waals surface area contributed by atoms with E-state index in [9.17, 15) is 19.2 Å². The first-order valence-corrected chi connectivity index (χ1v) is 10.0. The number of nitrogens with one attached hydrogen (secondary N) is 3. The summed E-state index contributed by atoms with van der Waals surface area (Å²) in [7, 11) is 1.33. The lowest BCUT2D eigenvalue weighted by Gasteiger charge is -2.37. The van der Waals surface area contributed by atoms with Gasteiger partial charge in [-0.2, -0.15) is 0 Å². The quantitative estimate of drug-likeness (QED) is 0.457. The highest BCUT2D eigenvalue weighted by molar-refractivity contribution is 5.97. The van der Waals surface area contributed by atoms with Gasteiger partial charge in [-0.1, -0.05) is 54.6 Å². The number of esters is 1. The Balaban J connectivity index is 1.77. The number of ether oxygens (including phenoxy) is 1. The predicted octanol–water partition coefficient (Wildman–Crippen LogP) is 1.44. The number of carbonyl (C=O) groups is 2. The minimum Gasteiger partial charge on any atom is -0.469 e. The molecule has 1 heterocycles. The van der Waals surface area contributed by atoms with Crippen molar-refractivity contribution in [3.63, 3.8) is 0 Å². The van der Waals surface area contributed by atoms with Gasteiger partial charge in [-0.3, -0.25) is 19.4 Å². The number of hydrogen-bond donors (Lipinski definition) is 4. The maximum absolute atomic E-state index is 12.9. The van der Waals surface area contributed by atoms with E-state index in [0.29, 0.717) is 0 Å². The second-order valence-corrected chi connectivity index (χ2v) is 7.61. The van der Waals surface area contributed by atoms with E-state index in [1.54, 1.807) is 0 Å². The SMILES string of the molecule is COC(=O)C1CC(NC(=O)c2[nH]c(=O)[nH]c(=O)c2N)c2ccccc2C1c1ccccc1. The minimum atomic E-state index is -0.848. The Hall–Kier alpha value is -4.14. The number of aromatic amines is 2. The van der Waals surface area contributed by atoms with Crippen molar-refractivity contribution in [2.75, 3.05) is 12.8 Å². The van der Waals surface area contributed by atoms with Crippen molar-refractivity contribution in [1.82, 2.24) is 15.3 Å². The molecule has 4 rings (SSSR count). The molecular weight excluding hydrogens is 412 g/mol. The number of anilines is 1. The van der Waals surface area contributed by atoms with Gasteiger partial charge in [0.05, 0.1) is 19.1 Å². The highest BCUT2D eigenvalue weighted by Crippen LogP contribution is 2.45. The number of rotatable bonds is 4. The summed E-state index contributed by atoms with van der Waals surface area (Å²) in [5.74, 6) is -1.92. The van der Waals surface area contributed by atoms with E-state index < -0.39 is 40.8 Å². The molecule has 0 spiro atoms. The van der Waals surface area contributed by atoms with Gasteiger partial charge in [-0.05, 0) is 23.1 Å². The van der Waals surface area contributed by atoms with E-state index in [4.69, 9.17) is 10.5 Å². The number of H-pyrrole nitrogens is 2. The lowest BCUT2D eigenvalue weighted by molar-refractivity contribution is -0.146. The zero-order valence-electron chi connectivity index (χ0n) is 17.3. The Morgan fingerprint density at radius 2 is 1.66 bits per heavy atom. The van der Waals surface area contributed by atoms with Crippen molar-refractivity contribution in [2.45, 2.75) is 18.4 Å². The Morgan fingerprint density at radius 3 is 2.34 bits per heavy atom. The number of fused-ring (bicyclic) bond motifs is 1. The molecule has 1 aliphatic carbocycles. The molecule has 1 aromatic heterocycles. The van der Waals surface area contributed by atoms with Crippen molar-refractivity contribution in [1.29, 1.82) is 0 Å². The van der Waals surface area contributed by atoms with Gasteiger partial charge in [-0.15, -0.1) is 0 Å². The van der Waals surface area contributed by atoms with Gasteiger partial charge in [0.1, 0.15) is 11.4 Å². The molecule has 32 heavy (non-hydrogen) atoms. The lowest BCUT2D eigenvalue weighted by atomic mass is 9.70. The van der Waals surface area contributed by atoms with Crippen LogP contribution in [-0.4, -0.2) is 29.0 Å². The fraction of sp³-hybridized carbons (Fsp3) is 0.217. The van der Waals surface area contributed by atoms with E-state index >= 15 is 0 Å². The van der Waals surface area contributed by atoms with Crippen LogP contribution in [0.1, 0.15) is 45.6 Å². The number of carbonyl (C=O) groups excluding carboxylic acids is 2. The molecule has 3 atom stereocenters. The zero-order chi connectivity index (χ0) is 22.8. The first-order valence-electron chi connectivity index (χ1n) is 10.0. The van der Waals surface area contributed by atoms with Crippen LogP contribution in [0, 0.1) is 5.92 Å². The molecule has 0 radical (unpaired) electrons. The molecule has 0 aliphatic heterocycles. The number of nitrogens with two attached hydrogens (primary N) is 1. The van der Waals surface area contributed by atoms with E-state index in [1.807, 2.05) is 59.6 Å². The molecule has 9 nitrogen and oxygen atoms in total. The van der Waals surface area contributed by atoms with E-state index in [-0.39, 0.29) is 18.0 Å². The van der Waals surface area contributed by atoms with Crippen LogP contribution in [0.5, 0.6) is 0 Å². The number of nitrogen functional groups attached to an aromatic ring is 1. The van der Waals surface area contributed by atoms with Gasteiger partial charge in [0.2, 0.25) is 0 Å². The van der Waals surface area contributed by atoms with E-state index in [2.05, 4.69) is 10.3 Å². The number of methoxy groups -OCH3 is 1. The highest BCUT2D eigenvalue weighted by Gasteiger charge is 2.41. The topological polar surface area (TPSA) is 147 Å². The van der Waals surface area contributed by atoms with Crippen LogP contribution < -0.4 is 22.3 Å². The summed E-state index contributed by atoms with van der Waals surface area (Å²) in [5.41, 5.74) is 5.98. The normalized spacial score (nSPS) is 19.6. The van der Waals surface area contributed by atoms with Crippen LogP contribution in [-0.2, 0) is 9.53 Å². The lowest BCUT2D eigenvalue weighted by Crippen LogP contribution is -2.40. The molecule has 2 aromatic carbocycles. The van der Waals surface area contributed by atoms with Gasteiger partial charge in [0, 0.05) is 5.92 Å². The molecule has 3 aromatic rings. The standard InChI is InChI=1S/C23H22N4O5/c1-32-22(30)15-11-16(25-21(29)19-18(24)20(28)27-23(31)26-19)13-9-5-6-10-14(13)17(15)12-7-3-2-4-8-12/h2-10,15-17H,11,24H2,1H3,(H,25,29)(H2,26,27,28,31). The van der Waals surface area contributed by atoms with Gasteiger partial charge in [0.25, 0.3) is 11.5 Å². The molecule has 5 N–H and O–H groups in total. The Morgan fingerprint density at radius 1 is 1.00 bits per heavy atom. The monoisotopic (exact) mass is 434 g/mol. The zero-order valence-corrected chi connectivity index (χ0v) is 17.3. The molecule has 3 unspecified atom stereocenters. The Labute approximate surface area is 182 Å². The second-order valence-electron chi connectivity index (χ2n) is 7.61. The number of hydrogen-bond acceptors (Lipinski definition) is 6. The molecule has 0 saturated carbocycles. The third-order valence-corrected chi connectivity index (χ3v) is 5.77. The van der Waals surface area contributed by atoms with Gasteiger partial charge < -0.3 is 20.8 Å². The Bertz CT molecular complexity index is 1280.